The molecule has 31 heavy (non-hydrogen) atoms. The Bertz CT molecular complexity index is 1070. The Kier molecular flexibility index (Phi) is 6.63. The van der Waals surface area contributed by atoms with Gasteiger partial charge >= 0.3 is 5.97 Å². The van der Waals surface area contributed by atoms with Crippen LogP contribution < -0.4 is 5.32 Å². The van der Waals surface area contributed by atoms with Crippen molar-refractivity contribution < 1.29 is 32.6 Å². The van der Waals surface area contributed by atoms with Gasteiger partial charge in [0.1, 0.15) is 5.56 Å². The molecule has 1 fully saturated rings. The van der Waals surface area contributed by atoms with Crippen molar-refractivity contribution in [1.82, 2.24) is 4.31 Å². The van der Waals surface area contributed by atoms with Crippen molar-refractivity contribution in [3.05, 3.63) is 53.6 Å². The molecule has 166 valence electrons. The third-order valence-electron chi connectivity index (χ3n) is 4.83. The summed E-state index contributed by atoms with van der Waals surface area (Å²) in [5.74, 6) is -1.73. The molecule has 2 atom stereocenters. The van der Waals surface area contributed by atoms with Gasteiger partial charge in [-0.05, 0) is 50.2 Å². The lowest BCUT2D eigenvalue weighted by Crippen LogP contribution is -2.48. The minimum atomic E-state index is -3.72. The Morgan fingerprint density at radius 2 is 1.71 bits per heavy atom. The number of ether oxygens (including phenoxy) is 2. The quantitative estimate of drug-likeness (QED) is 0.531. The normalized spacial score (nSPS) is 19.6. The molecule has 2 N–H and O–H groups in total. The van der Waals surface area contributed by atoms with Gasteiger partial charge in [0.25, 0.3) is 5.91 Å². The van der Waals surface area contributed by atoms with E-state index < -0.39 is 27.6 Å². The zero-order valence-corrected chi connectivity index (χ0v) is 18.2. The van der Waals surface area contributed by atoms with E-state index in [9.17, 15) is 23.1 Å². The van der Waals surface area contributed by atoms with E-state index in [0.29, 0.717) is 0 Å². The average molecular weight is 448 g/mol. The van der Waals surface area contributed by atoms with Gasteiger partial charge in [0, 0.05) is 18.7 Å². The van der Waals surface area contributed by atoms with Crippen molar-refractivity contribution in [2.24, 2.45) is 0 Å². The number of phenols is 1. The van der Waals surface area contributed by atoms with Crippen LogP contribution in [0.4, 0.5) is 5.69 Å². The van der Waals surface area contributed by atoms with Crippen molar-refractivity contribution in [2.45, 2.75) is 31.0 Å². The van der Waals surface area contributed by atoms with Gasteiger partial charge in [-0.2, -0.15) is 4.31 Å². The lowest BCUT2D eigenvalue weighted by molar-refractivity contribution is -0.0440. The predicted molar refractivity (Wildman–Crippen MR) is 113 cm³/mol. The molecule has 1 saturated heterocycles. The van der Waals surface area contributed by atoms with Gasteiger partial charge in [0.05, 0.1) is 29.9 Å². The predicted octanol–water partition coefficient (Wildman–Crippen LogP) is 2.23. The molecule has 0 saturated carbocycles. The molecule has 0 aromatic heterocycles. The number of hydrogen-bond acceptors (Lipinski definition) is 7. The molecular weight excluding hydrogens is 424 g/mol. The molecule has 0 bridgehead atoms. The lowest BCUT2D eigenvalue weighted by Gasteiger charge is -2.34. The first-order chi connectivity index (χ1) is 14.6. The highest BCUT2D eigenvalue weighted by atomic mass is 32.2. The van der Waals surface area contributed by atoms with E-state index in [0.717, 1.165) is 0 Å². The van der Waals surface area contributed by atoms with Crippen molar-refractivity contribution in [3.8, 4) is 5.75 Å². The largest absolute Gasteiger partial charge is 0.505 e. The number of nitrogens with zero attached hydrogens (tertiary/aromatic N) is 1. The van der Waals surface area contributed by atoms with Crippen LogP contribution in [0.2, 0.25) is 0 Å². The summed E-state index contributed by atoms with van der Waals surface area (Å²) in [6.45, 7) is 4.14. The van der Waals surface area contributed by atoms with Gasteiger partial charge in [-0.15, -0.1) is 0 Å². The summed E-state index contributed by atoms with van der Waals surface area (Å²) in [7, 11) is -2.54. The van der Waals surface area contributed by atoms with Crippen LogP contribution in [0.25, 0.3) is 0 Å². The van der Waals surface area contributed by atoms with E-state index in [2.05, 4.69) is 10.1 Å². The molecule has 1 aliphatic rings. The molecule has 2 unspecified atom stereocenters. The Morgan fingerprint density at radius 1 is 1.10 bits per heavy atom. The molecule has 1 heterocycles. The number of carbonyl (C=O) groups is 2. The van der Waals surface area contributed by atoms with Crippen LogP contribution in [0.5, 0.6) is 5.75 Å². The van der Waals surface area contributed by atoms with E-state index in [4.69, 9.17) is 4.74 Å². The van der Waals surface area contributed by atoms with E-state index in [-0.39, 0.29) is 47.0 Å². The number of benzene rings is 2. The molecule has 3 rings (SSSR count). The lowest BCUT2D eigenvalue weighted by atomic mass is 10.1. The minimum absolute atomic E-state index is 0.0286. The van der Waals surface area contributed by atoms with Crippen molar-refractivity contribution in [3.63, 3.8) is 0 Å². The van der Waals surface area contributed by atoms with Gasteiger partial charge < -0.3 is 19.9 Å². The first-order valence-corrected chi connectivity index (χ1v) is 11.0. The second kappa shape index (κ2) is 9.04. The standard InChI is InChI=1S/C21H24N2O7S/c1-13-11-23(12-14(2)30-13)31(27,28)16-9-7-15(8-10-16)20(25)22-18-6-4-5-17(19(18)24)21(26)29-3/h4-10,13-14,24H,11-12H2,1-3H3,(H,22,25). The molecule has 0 radical (unpaired) electrons. The zero-order valence-electron chi connectivity index (χ0n) is 17.4. The molecular formula is C21H24N2O7S. The molecule has 10 heteroatoms. The van der Waals surface area contributed by atoms with Crippen LogP contribution in [0.15, 0.2) is 47.4 Å². The van der Waals surface area contributed by atoms with Gasteiger partial charge in [-0.25, -0.2) is 13.2 Å². The van der Waals surface area contributed by atoms with Crippen LogP contribution >= 0.6 is 0 Å². The molecule has 9 nitrogen and oxygen atoms in total. The van der Waals surface area contributed by atoms with E-state index in [1.54, 1.807) is 0 Å². The molecule has 1 amide bonds. The number of aromatic hydroxyl groups is 1. The van der Waals surface area contributed by atoms with Gasteiger partial charge in [-0.3, -0.25) is 4.79 Å². The summed E-state index contributed by atoms with van der Waals surface area (Å²) in [5.41, 5.74) is 0.127. The van der Waals surface area contributed by atoms with Crippen LogP contribution in [0.3, 0.4) is 0 Å². The molecule has 0 spiro atoms. The number of morpholine rings is 1. The number of rotatable bonds is 5. The smallest absolute Gasteiger partial charge is 0.341 e. The third kappa shape index (κ3) is 4.87. The van der Waals surface area contributed by atoms with Gasteiger partial charge in [0.2, 0.25) is 10.0 Å². The molecule has 2 aromatic carbocycles. The van der Waals surface area contributed by atoms with Crippen molar-refractivity contribution >= 4 is 27.6 Å². The number of phenolic OH excluding ortho intramolecular Hbond substituents is 1. The fourth-order valence-corrected chi connectivity index (χ4v) is 4.96. The summed E-state index contributed by atoms with van der Waals surface area (Å²) in [4.78, 5) is 24.3. The first kappa shape index (κ1) is 22.7. The maximum Gasteiger partial charge on any atom is 0.341 e. The Morgan fingerprint density at radius 3 is 2.29 bits per heavy atom. The second-order valence-corrected chi connectivity index (χ2v) is 9.19. The number of anilines is 1. The highest BCUT2D eigenvalue weighted by Gasteiger charge is 2.32. The van der Waals surface area contributed by atoms with E-state index in [1.807, 2.05) is 13.8 Å². The number of carbonyl (C=O) groups excluding carboxylic acids is 2. The topological polar surface area (TPSA) is 122 Å². The van der Waals surface area contributed by atoms with Gasteiger partial charge in [0.15, 0.2) is 5.75 Å². The van der Waals surface area contributed by atoms with Crippen LogP contribution in [0.1, 0.15) is 34.6 Å². The SMILES string of the molecule is COC(=O)c1cccc(NC(=O)c2ccc(S(=O)(=O)N3CC(C)OC(C)C3)cc2)c1O. The maximum absolute atomic E-state index is 12.9. The van der Waals surface area contributed by atoms with Crippen LogP contribution in [0, 0.1) is 0 Å². The van der Waals surface area contributed by atoms with Gasteiger partial charge in [-0.1, -0.05) is 6.07 Å². The zero-order chi connectivity index (χ0) is 22.8. The third-order valence-corrected chi connectivity index (χ3v) is 6.68. The number of esters is 1. The fraction of sp³-hybridized carbons (Fsp3) is 0.333. The number of methoxy groups -OCH3 is 1. The number of hydrogen-bond donors (Lipinski definition) is 2. The molecule has 0 aliphatic carbocycles. The Labute approximate surface area is 180 Å². The highest BCUT2D eigenvalue weighted by Crippen LogP contribution is 2.28. The Hall–Kier alpha value is -2.95. The van der Waals surface area contributed by atoms with E-state index in [1.165, 1.54) is 53.9 Å². The van der Waals surface area contributed by atoms with Crippen molar-refractivity contribution in [1.29, 1.82) is 0 Å². The van der Waals surface area contributed by atoms with Crippen LogP contribution in [-0.2, 0) is 19.5 Å². The maximum atomic E-state index is 12.9. The molecule has 1 aliphatic heterocycles. The van der Waals surface area contributed by atoms with E-state index >= 15 is 0 Å². The van der Waals surface area contributed by atoms with Crippen molar-refractivity contribution in [2.75, 3.05) is 25.5 Å². The summed E-state index contributed by atoms with van der Waals surface area (Å²) in [6, 6.07) is 9.78. The first-order valence-electron chi connectivity index (χ1n) is 9.60. The second-order valence-electron chi connectivity index (χ2n) is 7.25. The summed E-state index contributed by atoms with van der Waals surface area (Å²) >= 11 is 0. The number of amides is 1. The summed E-state index contributed by atoms with van der Waals surface area (Å²) < 4.78 is 37.4. The number of sulfonamides is 1. The minimum Gasteiger partial charge on any atom is -0.505 e. The fourth-order valence-electron chi connectivity index (χ4n) is 3.37. The number of para-hydroxylation sites is 1. The summed E-state index contributed by atoms with van der Waals surface area (Å²) in [5, 5.41) is 12.7. The monoisotopic (exact) mass is 448 g/mol. The number of nitrogens with one attached hydrogen (secondary N) is 1. The average Bonchev–Trinajstić information content (AvgIpc) is 2.74. The summed E-state index contributed by atoms with van der Waals surface area (Å²) in [6.07, 6.45) is -0.422. The molecule has 2 aromatic rings. The Balaban J connectivity index is 1.77. The highest BCUT2D eigenvalue weighted by molar-refractivity contribution is 7.89. The van der Waals surface area contributed by atoms with Crippen LogP contribution in [-0.4, -0.2) is 62.1 Å².